The zero-order valence-electron chi connectivity index (χ0n) is 21.7. The second-order valence-electron chi connectivity index (χ2n) is 9.14. The van der Waals surface area contributed by atoms with E-state index in [0.717, 1.165) is 33.6 Å². The molecule has 2 heterocycles. The SMILES string of the molecule is CCc1cc2ccc1CCOC(=O)Nc1ccc(SC)c(c1)CN(C)C(=O)C2Nc1cccc(C(N)=O)c1. The van der Waals surface area contributed by atoms with Crippen molar-refractivity contribution < 1.29 is 19.1 Å². The van der Waals surface area contributed by atoms with Crippen LogP contribution in [0.5, 0.6) is 0 Å². The summed E-state index contributed by atoms with van der Waals surface area (Å²) in [5.41, 5.74) is 10.9. The van der Waals surface area contributed by atoms with Crippen LogP contribution in [0.1, 0.15) is 45.6 Å². The van der Waals surface area contributed by atoms with Gasteiger partial charge in [-0.15, -0.1) is 11.8 Å². The number of thioether (sulfide) groups is 1. The molecule has 198 valence electrons. The molecule has 0 saturated carbocycles. The molecule has 3 aromatic carbocycles. The van der Waals surface area contributed by atoms with E-state index in [4.69, 9.17) is 10.5 Å². The number of hydrogen-bond acceptors (Lipinski definition) is 6. The molecule has 4 bridgehead atoms. The number of primary amides is 1. The molecule has 5 rings (SSSR count). The lowest BCUT2D eigenvalue weighted by Crippen LogP contribution is -2.35. The molecule has 2 aliphatic rings. The highest BCUT2D eigenvalue weighted by atomic mass is 32.2. The van der Waals surface area contributed by atoms with Crippen LogP contribution in [0, 0.1) is 0 Å². The van der Waals surface area contributed by atoms with E-state index in [9.17, 15) is 14.4 Å². The summed E-state index contributed by atoms with van der Waals surface area (Å²) in [4.78, 5) is 40.8. The summed E-state index contributed by atoms with van der Waals surface area (Å²) < 4.78 is 5.45. The zero-order chi connectivity index (χ0) is 27.2. The van der Waals surface area contributed by atoms with Crippen LogP contribution in [0.2, 0.25) is 0 Å². The Morgan fingerprint density at radius 3 is 2.68 bits per heavy atom. The Balaban J connectivity index is 1.77. The average Bonchev–Trinajstić information content (AvgIpc) is 2.91. The van der Waals surface area contributed by atoms with Gasteiger partial charge in [0.2, 0.25) is 11.8 Å². The predicted octanol–water partition coefficient (Wildman–Crippen LogP) is 4.99. The van der Waals surface area contributed by atoms with Crippen molar-refractivity contribution in [2.75, 3.05) is 30.5 Å². The van der Waals surface area contributed by atoms with Gasteiger partial charge in [0.25, 0.3) is 0 Å². The number of aryl methyl sites for hydroxylation is 1. The van der Waals surface area contributed by atoms with Gasteiger partial charge in [-0.1, -0.05) is 31.2 Å². The zero-order valence-corrected chi connectivity index (χ0v) is 22.6. The van der Waals surface area contributed by atoms with Crippen LogP contribution in [0.4, 0.5) is 16.2 Å². The molecule has 0 fully saturated rings. The number of nitrogens with one attached hydrogen (secondary N) is 2. The van der Waals surface area contributed by atoms with E-state index in [0.29, 0.717) is 29.9 Å². The summed E-state index contributed by atoms with van der Waals surface area (Å²) in [6.45, 7) is 2.62. The lowest BCUT2D eigenvalue weighted by molar-refractivity contribution is -0.131. The molecule has 9 heteroatoms. The lowest BCUT2D eigenvalue weighted by atomic mass is 9.95. The fourth-order valence-electron chi connectivity index (χ4n) is 4.56. The van der Waals surface area contributed by atoms with Crippen molar-refractivity contribution in [1.29, 1.82) is 0 Å². The van der Waals surface area contributed by atoms with Crippen molar-refractivity contribution in [2.24, 2.45) is 5.73 Å². The van der Waals surface area contributed by atoms with Gasteiger partial charge in [-0.05, 0) is 71.3 Å². The molecular formula is C29H32N4O4S. The van der Waals surface area contributed by atoms with Gasteiger partial charge in [-0.2, -0.15) is 0 Å². The van der Waals surface area contributed by atoms with E-state index in [1.54, 1.807) is 41.9 Å². The minimum atomic E-state index is -0.702. The van der Waals surface area contributed by atoms with Crippen LogP contribution in [-0.2, 0) is 28.9 Å². The first-order chi connectivity index (χ1) is 18.3. The van der Waals surface area contributed by atoms with Gasteiger partial charge in [0.05, 0.1) is 6.61 Å². The number of hydrogen-bond donors (Lipinski definition) is 3. The van der Waals surface area contributed by atoms with Crippen LogP contribution in [0.25, 0.3) is 0 Å². The number of benzene rings is 3. The number of carbonyl (C=O) groups excluding carboxylic acids is 3. The van der Waals surface area contributed by atoms with Crippen molar-refractivity contribution in [3.05, 3.63) is 88.5 Å². The van der Waals surface area contributed by atoms with Gasteiger partial charge in [0.1, 0.15) is 6.04 Å². The smallest absolute Gasteiger partial charge is 0.411 e. The summed E-state index contributed by atoms with van der Waals surface area (Å²) >= 11 is 1.57. The third-order valence-electron chi connectivity index (χ3n) is 6.56. The third kappa shape index (κ3) is 6.28. The van der Waals surface area contributed by atoms with Gasteiger partial charge in [-0.3, -0.25) is 14.9 Å². The normalized spacial score (nSPS) is 16.1. The summed E-state index contributed by atoms with van der Waals surface area (Å²) in [6, 6.07) is 17.7. The van der Waals surface area contributed by atoms with Gasteiger partial charge < -0.3 is 20.7 Å². The molecule has 0 spiro atoms. The minimum Gasteiger partial charge on any atom is -0.449 e. The fourth-order valence-corrected chi connectivity index (χ4v) is 5.15. The second kappa shape index (κ2) is 12.0. The molecule has 0 aromatic heterocycles. The molecule has 8 nitrogen and oxygen atoms in total. The van der Waals surface area contributed by atoms with Crippen molar-refractivity contribution in [2.45, 2.75) is 37.2 Å². The number of rotatable bonds is 5. The number of likely N-dealkylation sites (N-methyl/N-ethyl adjacent to an activating group) is 1. The number of amides is 3. The van der Waals surface area contributed by atoms with Crippen LogP contribution in [0.3, 0.4) is 0 Å². The topological polar surface area (TPSA) is 114 Å². The number of nitrogens with two attached hydrogens (primary N) is 1. The molecule has 38 heavy (non-hydrogen) atoms. The summed E-state index contributed by atoms with van der Waals surface area (Å²) in [5.74, 6) is -0.673. The van der Waals surface area contributed by atoms with Gasteiger partial charge >= 0.3 is 6.09 Å². The Kier molecular flexibility index (Phi) is 8.58. The lowest BCUT2D eigenvalue weighted by Gasteiger charge is -2.27. The van der Waals surface area contributed by atoms with E-state index in [1.807, 2.05) is 48.7 Å². The number of fused-ring (bicyclic) bond motifs is 9. The molecule has 2 aliphatic heterocycles. The van der Waals surface area contributed by atoms with E-state index in [1.165, 1.54) is 0 Å². The average molecular weight is 533 g/mol. The van der Waals surface area contributed by atoms with Crippen LogP contribution >= 0.6 is 11.8 Å². The molecule has 0 radical (unpaired) electrons. The number of anilines is 2. The first-order valence-corrected chi connectivity index (χ1v) is 13.6. The van der Waals surface area contributed by atoms with E-state index in [-0.39, 0.29) is 12.5 Å². The van der Waals surface area contributed by atoms with E-state index >= 15 is 0 Å². The predicted molar refractivity (Wildman–Crippen MR) is 151 cm³/mol. The third-order valence-corrected chi connectivity index (χ3v) is 7.40. The molecule has 4 N–H and O–H groups in total. The maximum absolute atomic E-state index is 14.0. The molecule has 3 amide bonds. The van der Waals surface area contributed by atoms with Gasteiger partial charge in [0.15, 0.2) is 0 Å². The quantitative estimate of drug-likeness (QED) is 0.399. The van der Waals surface area contributed by atoms with E-state index in [2.05, 4.69) is 17.6 Å². The Morgan fingerprint density at radius 1 is 1.13 bits per heavy atom. The standard InChI is InChI=1S/C29H32N4O4S/c1-4-18-14-20-9-8-19(18)12-13-37-29(36)32-24-10-11-25(38-3)22(16-24)17-33(2)28(35)26(20)31-23-7-5-6-21(15-23)27(30)34/h5-11,14-16,26,31H,4,12-13,17H2,1-3H3,(H2,30,34)(H,32,36). The van der Waals surface area contributed by atoms with Crippen molar-refractivity contribution >= 4 is 41.0 Å². The highest BCUT2D eigenvalue weighted by molar-refractivity contribution is 7.98. The first kappa shape index (κ1) is 27.1. The molecule has 0 aliphatic carbocycles. The molecular weight excluding hydrogens is 500 g/mol. The molecule has 3 aromatic rings. The summed E-state index contributed by atoms with van der Waals surface area (Å²) in [6.07, 6.45) is 2.77. The minimum absolute atomic E-state index is 0.138. The summed E-state index contributed by atoms with van der Waals surface area (Å²) in [7, 11) is 1.76. The Bertz CT molecular complexity index is 1360. The Morgan fingerprint density at radius 2 is 1.95 bits per heavy atom. The van der Waals surface area contributed by atoms with Crippen molar-refractivity contribution in [3.63, 3.8) is 0 Å². The van der Waals surface area contributed by atoms with Gasteiger partial charge in [0, 0.05) is 41.8 Å². The summed E-state index contributed by atoms with van der Waals surface area (Å²) in [5, 5.41) is 6.14. The Hall–Kier alpha value is -3.98. The van der Waals surface area contributed by atoms with Gasteiger partial charge in [-0.25, -0.2) is 4.79 Å². The monoisotopic (exact) mass is 532 g/mol. The second-order valence-corrected chi connectivity index (χ2v) is 9.98. The van der Waals surface area contributed by atoms with Crippen LogP contribution in [-0.4, -0.2) is 42.7 Å². The maximum atomic E-state index is 14.0. The highest BCUT2D eigenvalue weighted by Crippen LogP contribution is 2.29. The highest BCUT2D eigenvalue weighted by Gasteiger charge is 2.26. The van der Waals surface area contributed by atoms with Crippen LogP contribution < -0.4 is 16.4 Å². The fraction of sp³-hybridized carbons (Fsp3) is 0.276. The maximum Gasteiger partial charge on any atom is 0.411 e. The molecule has 1 atom stereocenters. The van der Waals surface area contributed by atoms with Crippen LogP contribution in [0.15, 0.2) is 65.6 Å². The van der Waals surface area contributed by atoms with Crippen molar-refractivity contribution in [3.8, 4) is 0 Å². The van der Waals surface area contributed by atoms with E-state index < -0.39 is 18.0 Å². The first-order valence-electron chi connectivity index (χ1n) is 12.4. The molecule has 0 saturated heterocycles. The van der Waals surface area contributed by atoms with Crippen molar-refractivity contribution in [1.82, 2.24) is 4.90 Å². The number of carbonyl (C=O) groups is 3. The number of ether oxygens (including phenoxy) is 1. The molecule has 1 unspecified atom stereocenters. The largest absolute Gasteiger partial charge is 0.449 e. The Labute approximate surface area is 226 Å². The number of nitrogens with zero attached hydrogens (tertiary/aromatic N) is 1.